The highest BCUT2D eigenvalue weighted by Gasteiger charge is 2.14. The summed E-state index contributed by atoms with van der Waals surface area (Å²) in [5.74, 6) is 0.760. The fourth-order valence-electron chi connectivity index (χ4n) is 2.98. The predicted octanol–water partition coefficient (Wildman–Crippen LogP) is 3.66. The number of nitrogens with one attached hydrogen (secondary N) is 1. The Bertz CT molecular complexity index is 708. The lowest BCUT2D eigenvalue weighted by atomic mass is 10.1. The van der Waals surface area contributed by atoms with Crippen LogP contribution < -0.4 is 10.2 Å². The van der Waals surface area contributed by atoms with Gasteiger partial charge in [-0.1, -0.05) is 19.1 Å². The number of hydrogen-bond acceptors (Lipinski definition) is 4. The molecule has 1 N–H and O–H groups in total. The van der Waals surface area contributed by atoms with Crippen LogP contribution in [0.1, 0.15) is 49.9 Å². The molecule has 1 fully saturated rings. The molecule has 25 heavy (non-hydrogen) atoms. The number of aromatic nitrogens is 2. The van der Waals surface area contributed by atoms with Crippen LogP contribution in [0.15, 0.2) is 36.7 Å². The first-order valence-electron chi connectivity index (χ1n) is 9.15. The van der Waals surface area contributed by atoms with E-state index in [0.717, 1.165) is 36.6 Å². The van der Waals surface area contributed by atoms with Crippen molar-refractivity contribution in [3.05, 3.63) is 42.2 Å². The van der Waals surface area contributed by atoms with Gasteiger partial charge >= 0.3 is 0 Å². The molecule has 0 radical (unpaired) electrons. The minimum absolute atomic E-state index is 0.0398. The summed E-state index contributed by atoms with van der Waals surface area (Å²) >= 11 is 0. The Balaban J connectivity index is 1.75. The monoisotopic (exact) mass is 338 g/mol. The molecule has 3 rings (SSSR count). The minimum Gasteiger partial charge on any atom is -0.350 e. The molecule has 1 atom stereocenters. The molecule has 1 amide bonds. The molecule has 5 heteroatoms. The highest BCUT2D eigenvalue weighted by atomic mass is 16.1. The average Bonchev–Trinajstić information content (AvgIpc) is 2.68. The zero-order valence-corrected chi connectivity index (χ0v) is 15.0. The first-order chi connectivity index (χ1) is 12.2. The van der Waals surface area contributed by atoms with Crippen LogP contribution in [0.25, 0.3) is 11.1 Å². The van der Waals surface area contributed by atoms with Gasteiger partial charge in [0.2, 0.25) is 5.95 Å². The van der Waals surface area contributed by atoms with Crippen molar-refractivity contribution in [3.63, 3.8) is 0 Å². The largest absolute Gasteiger partial charge is 0.350 e. The topological polar surface area (TPSA) is 58.1 Å². The van der Waals surface area contributed by atoms with Crippen LogP contribution in [-0.2, 0) is 0 Å². The van der Waals surface area contributed by atoms with Crippen molar-refractivity contribution >= 4 is 11.9 Å². The number of carbonyl (C=O) groups excluding carboxylic acids is 1. The number of carbonyl (C=O) groups is 1. The Morgan fingerprint density at radius 2 is 1.88 bits per heavy atom. The molecule has 0 aliphatic carbocycles. The molecule has 1 aliphatic rings. The van der Waals surface area contributed by atoms with Gasteiger partial charge in [0.05, 0.1) is 0 Å². The van der Waals surface area contributed by atoms with E-state index in [2.05, 4.69) is 27.1 Å². The number of anilines is 1. The Morgan fingerprint density at radius 3 is 2.56 bits per heavy atom. The van der Waals surface area contributed by atoms with Gasteiger partial charge in [-0.3, -0.25) is 4.79 Å². The van der Waals surface area contributed by atoms with Crippen LogP contribution in [0.4, 0.5) is 5.95 Å². The van der Waals surface area contributed by atoms with Gasteiger partial charge in [-0.05, 0) is 50.3 Å². The lowest BCUT2D eigenvalue weighted by Crippen LogP contribution is -2.31. The maximum absolute atomic E-state index is 12.3. The van der Waals surface area contributed by atoms with Gasteiger partial charge in [-0.25, -0.2) is 9.97 Å². The number of amides is 1. The molecule has 0 unspecified atom stereocenters. The van der Waals surface area contributed by atoms with Crippen LogP contribution in [0.3, 0.4) is 0 Å². The molecule has 5 nitrogen and oxygen atoms in total. The van der Waals surface area contributed by atoms with Crippen LogP contribution >= 0.6 is 0 Å². The zero-order chi connectivity index (χ0) is 17.6. The first-order valence-corrected chi connectivity index (χ1v) is 9.15. The Kier molecular flexibility index (Phi) is 5.64. The summed E-state index contributed by atoms with van der Waals surface area (Å²) in [5, 5.41) is 3.00. The molecule has 2 heterocycles. The van der Waals surface area contributed by atoms with Crippen molar-refractivity contribution in [2.45, 2.75) is 45.6 Å². The molecule has 0 spiro atoms. The van der Waals surface area contributed by atoms with Gasteiger partial charge in [-0.15, -0.1) is 0 Å². The maximum Gasteiger partial charge on any atom is 0.251 e. The highest BCUT2D eigenvalue weighted by molar-refractivity contribution is 5.95. The highest BCUT2D eigenvalue weighted by Crippen LogP contribution is 2.21. The van der Waals surface area contributed by atoms with Gasteiger partial charge in [0.15, 0.2) is 0 Å². The number of nitrogens with zero attached hydrogens (tertiary/aromatic N) is 3. The Hall–Kier alpha value is -2.43. The van der Waals surface area contributed by atoms with E-state index >= 15 is 0 Å². The average molecular weight is 338 g/mol. The quantitative estimate of drug-likeness (QED) is 0.904. The second-order valence-electron chi connectivity index (χ2n) is 6.68. The number of rotatable bonds is 5. The van der Waals surface area contributed by atoms with Crippen molar-refractivity contribution in [2.24, 2.45) is 0 Å². The summed E-state index contributed by atoms with van der Waals surface area (Å²) in [4.78, 5) is 23.6. The van der Waals surface area contributed by atoms with Gasteiger partial charge < -0.3 is 10.2 Å². The molecule has 2 aromatic rings. The van der Waals surface area contributed by atoms with E-state index in [9.17, 15) is 4.79 Å². The van der Waals surface area contributed by atoms with Gasteiger partial charge in [0.25, 0.3) is 5.91 Å². The number of piperidine rings is 1. The summed E-state index contributed by atoms with van der Waals surface area (Å²) in [6, 6.07) is 7.79. The van der Waals surface area contributed by atoms with Gasteiger partial charge in [0.1, 0.15) is 0 Å². The maximum atomic E-state index is 12.3. The molecular weight excluding hydrogens is 312 g/mol. The van der Waals surface area contributed by atoms with Crippen molar-refractivity contribution in [1.29, 1.82) is 0 Å². The van der Waals surface area contributed by atoms with E-state index in [1.54, 1.807) is 0 Å². The lowest BCUT2D eigenvalue weighted by molar-refractivity contribution is 0.0939. The Labute approximate surface area is 149 Å². The zero-order valence-electron chi connectivity index (χ0n) is 15.0. The SMILES string of the molecule is CC[C@@H](C)NC(=O)c1cccc(-c2cnc(N3CCCCC3)nc2)c1. The number of benzene rings is 1. The van der Waals surface area contributed by atoms with Gasteiger partial charge in [0, 0.05) is 42.7 Å². The van der Waals surface area contributed by atoms with Crippen LogP contribution in [-0.4, -0.2) is 35.0 Å². The lowest BCUT2D eigenvalue weighted by Gasteiger charge is -2.26. The number of hydrogen-bond donors (Lipinski definition) is 1. The summed E-state index contributed by atoms with van der Waals surface area (Å²) in [5.41, 5.74) is 2.55. The van der Waals surface area contributed by atoms with E-state index in [4.69, 9.17) is 0 Å². The van der Waals surface area contributed by atoms with Crippen LogP contribution in [0.5, 0.6) is 0 Å². The summed E-state index contributed by atoms with van der Waals surface area (Å²) in [6.45, 7) is 6.13. The fourth-order valence-corrected chi connectivity index (χ4v) is 2.98. The van der Waals surface area contributed by atoms with E-state index in [-0.39, 0.29) is 11.9 Å². The second-order valence-corrected chi connectivity index (χ2v) is 6.68. The van der Waals surface area contributed by atoms with E-state index < -0.39 is 0 Å². The summed E-state index contributed by atoms with van der Waals surface area (Å²) in [7, 11) is 0. The third kappa shape index (κ3) is 4.35. The molecule has 1 saturated heterocycles. The van der Waals surface area contributed by atoms with E-state index in [1.807, 2.05) is 43.6 Å². The van der Waals surface area contributed by atoms with E-state index in [1.165, 1.54) is 19.3 Å². The molecule has 132 valence electrons. The summed E-state index contributed by atoms with van der Waals surface area (Å²) < 4.78 is 0. The first kappa shape index (κ1) is 17.4. The van der Waals surface area contributed by atoms with Crippen LogP contribution in [0.2, 0.25) is 0 Å². The molecule has 1 aromatic carbocycles. The molecule has 0 saturated carbocycles. The fraction of sp³-hybridized carbons (Fsp3) is 0.450. The second kappa shape index (κ2) is 8.10. The third-order valence-corrected chi connectivity index (χ3v) is 4.73. The molecule has 0 bridgehead atoms. The van der Waals surface area contributed by atoms with Crippen molar-refractivity contribution in [2.75, 3.05) is 18.0 Å². The Morgan fingerprint density at radius 1 is 1.16 bits per heavy atom. The van der Waals surface area contributed by atoms with E-state index in [0.29, 0.717) is 5.56 Å². The van der Waals surface area contributed by atoms with Crippen molar-refractivity contribution in [1.82, 2.24) is 15.3 Å². The molecule has 1 aromatic heterocycles. The third-order valence-electron chi connectivity index (χ3n) is 4.73. The van der Waals surface area contributed by atoms with Gasteiger partial charge in [-0.2, -0.15) is 0 Å². The smallest absolute Gasteiger partial charge is 0.251 e. The van der Waals surface area contributed by atoms with Crippen LogP contribution in [0, 0.1) is 0 Å². The minimum atomic E-state index is -0.0398. The van der Waals surface area contributed by atoms with Crippen molar-refractivity contribution < 1.29 is 4.79 Å². The normalized spacial score (nSPS) is 15.7. The molecule has 1 aliphatic heterocycles. The predicted molar refractivity (Wildman–Crippen MR) is 101 cm³/mol. The molecular formula is C20H26N4O. The standard InChI is InChI=1S/C20H26N4O/c1-3-15(2)23-19(25)17-9-7-8-16(12-17)18-13-21-20(22-14-18)24-10-5-4-6-11-24/h7-9,12-15H,3-6,10-11H2,1-2H3,(H,23,25)/t15-/m1/s1. The summed E-state index contributed by atoms with van der Waals surface area (Å²) in [6.07, 6.45) is 8.32. The van der Waals surface area contributed by atoms with Crippen molar-refractivity contribution in [3.8, 4) is 11.1 Å².